The molecule has 0 aromatic carbocycles. The highest BCUT2D eigenvalue weighted by molar-refractivity contribution is 9.10. The lowest BCUT2D eigenvalue weighted by molar-refractivity contribution is -0.155. The monoisotopic (exact) mass is 254 g/mol. The van der Waals surface area contributed by atoms with Gasteiger partial charge >= 0.3 is 5.97 Å². The van der Waals surface area contributed by atoms with Crippen molar-refractivity contribution in [2.24, 2.45) is 0 Å². The summed E-state index contributed by atoms with van der Waals surface area (Å²) in [6.45, 7) is 4.33. The summed E-state index contributed by atoms with van der Waals surface area (Å²) in [6.07, 6.45) is -0.349. The lowest BCUT2D eigenvalue weighted by atomic mass is 10.4. The Morgan fingerprint density at radius 1 is 1.54 bits per heavy atom. The minimum atomic E-state index is -1.14. The largest absolute Gasteiger partial charge is 0.465 e. The highest BCUT2D eigenvalue weighted by atomic mass is 79.9. The van der Waals surface area contributed by atoms with Crippen LogP contribution in [0.5, 0.6) is 0 Å². The van der Waals surface area contributed by atoms with Crippen molar-refractivity contribution in [2.75, 3.05) is 13.2 Å². The second kappa shape index (κ2) is 7.29. The molecule has 0 aliphatic heterocycles. The van der Waals surface area contributed by atoms with E-state index in [0.717, 1.165) is 6.42 Å². The molecule has 5 heteroatoms. The highest BCUT2D eigenvalue weighted by Crippen LogP contribution is 2.09. The average molecular weight is 255 g/mol. The van der Waals surface area contributed by atoms with Gasteiger partial charge in [0.05, 0.1) is 6.61 Å². The number of hydrogen-bond acceptors (Lipinski definition) is 4. The standard InChI is InChI=1S/C8H15BrO4/c1-3-5-13-8(11)6(9)7(10)12-4-2/h6,8,11H,3-5H2,1-2H3. The van der Waals surface area contributed by atoms with Crippen LogP contribution in [0.4, 0.5) is 0 Å². The Balaban J connectivity index is 3.79. The van der Waals surface area contributed by atoms with Crippen LogP contribution in [-0.4, -0.2) is 35.4 Å². The van der Waals surface area contributed by atoms with E-state index < -0.39 is 17.1 Å². The summed E-state index contributed by atoms with van der Waals surface area (Å²) in [4.78, 5) is 10.2. The van der Waals surface area contributed by atoms with E-state index in [-0.39, 0.29) is 0 Å². The quantitative estimate of drug-likeness (QED) is 0.438. The number of carbonyl (C=O) groups excluding carboxylic acids is 1. The number of alkyl halides is 1. The molecular weight excluding hydrogens is 240 g/mol. The maximum absolute atomic E-state index is 11.0. The molecule has 0 amide bonds. The van der Waals surface area contributed by atoms with Crippen LogP contribution in [0.1, 0.15) is 20.3 Å². The van der Waals surface area contributed by atoms with Gasteiger partial charge in [-0.15, -0.1) is 0 Å². The van der Waals surface area contributed by atoms with E-state index in [1.54, 1.807) is 6.92 Å². The Kier molecular flexibility index (Phi) is 7.22. The van der Waals surface area contributed by atoms with Crippen LogP contribution in [0, 0.1) is 0 Å². The maximum Gasteiger partial charge on any atom is 0.324 e. The number of hydrogen-bond donors (Lipinski definition) is 1. The molecule has 0 saturated carbocycles. The smallest absolute Gasteiger partial charge is 0.324 e. The van der Waals surface area contributed by atoms with E-state index in [9.17, 15) is 9.90 Å². The maximum atomic E-state index is 11.0. The SMILES string of the molecule is CCCOC(O)C(Br)C(=O)OCC. The fraction of sp³-hybridized carbons (Fsp3) is 0.875. The summed E-state index contributed by atoms with van der Waals surface area (Å²) in [5.41, 5.74) is 0. The van der Waals surface area contributed by atoms with Gasteiger partial charge in [-0.1, -0.05) is 22.9 Å². The number of esters is 1. The van der Waals surface area contributed by atoms with E-state index in [1.165, 1.54) is 0 Å². The van der Waals surface area contributed by atoms with Crippen molar-refractivity contribution in [3.63, 3.8) is 0 Å². The first kappa shape index (κ1) is 12.9. The molecule has 0 fully saturated rings. The number of ether oxygens (including phenoxy) is 2. The van der Waals surface area contributed by atoms with Crippen molar-refractivity contribution in [1.29, 1.82) is 0 Å². The first-order chi connectivity index (χ1) is 6.13. The highest BCUT2D eigenvalue weighted by Gasteiger charge is 2.25. The predicted octanol–water partition coefficient (Wildman–Crippen LogP) is 1.06. The Bertz CT molecular complexity index is 151. The lowest BCUT2D eigenvalue weighted by Gasteiger charge is -2.15. The predicted molar refractivity (Wildman–Crippen MR) is 51.6 cm³/mol. The Hall–Kier alpha value is -0.130. The molecule has 0 heterocycles. The van der Waals surface area contributed by atoms with Gasteiger partial charge < -0.3 is 14.6 Å². The molecule has 0 aromatic heterocycles. The average Bonchev–Trinajstić information content (AvgIpc) is 2.13. The summed E-state index contributed by atoms with van der Waals surface area (Å²) in [5.74, 6) is -0.508. The third-order valence-electron chi connectivity index (χ3n) is 1.25. The third-order valence-corrected chi connectivity index (χ3v) is 2.08. The van der Waals surface area contributed by atoms with E-state index in [2.05, 4.69) is 20.7 Å². The molecule has 0 bridgehead atoms. The van der Waals surface area contributed by atoms with Crippen molar-refractivity contribution >= 4 is 21.9 Å². The molecule has 0 radical (unpaired) electrons. The molecule has 0 saturated heterocycles. The van der Waals surface area contributed by atoms with Gasteiger partial charge in [0.1, 0.15) is 0 Å². The van der Waals surface area contributed by atoms with Crippen molar-refractivity contribution < 1.29 is 19.4 Å². The molecule has 2 unspecified atom stereocenters. The Morgan fingerprint density at radius 2 is 2.15 bits per heavy atom. The van der Waals surface area contributed by atoms with Crippen molar-refractivity contribution in [3.8, 4) is 0 Å². The Labute approximate surface area is 86.3 Å². The van der Waals surface area contributed by atoms with Gasteiger partial charge in [0.2, 0.25) is 0 Å². The van der Waals surface area contributed by atoms with Crippen LogP contribution in [0.15, 0.2) is 0 Å². The second-order valence-corrected chi connectivity index (χ2v) is 3.40. The third kappa shape index (κ3) is 5.23. The van der Waals surface area contributed by atoms with Crippen LogP contribution in [0.2, 0.25) is 0 Å². The van der Waals surface area contributed by atoms with Gasteiger partial charge in [-0.2, -0.15) is 0 Å². The summed E-state index contributed by atoms with van der Waals surface area (Å²) >= 11 is 2.99. The molecule has 0 aromatic rings. The minimum absolute atomic E-state index is 0.293. The van der Waals surface area contributed by atoms with Crippen molar-refractivity contribution in [1.82, 2.24) is 0 Å². The van der Waals surface area contributed by atoms with E-state index in [4.69, 9.17) is 4.74 Å². The molecule has 1 N–H and O–H groups in total. The van der Waals surface area contributed by atoms with Crippen LogP contribution < -0.4 is 0 Å². The summed E-state index contributed by atoms with van der Waals surface area (Å²) in [7, 11) is 0. The summed E-state index contributed by atoms with van der Waals surface area (Å²) < 4.78 is 9.61. The zero-order valence-electron chi connectivity index (χ0n) is 7.83. The first-order valence-electron chi connectivity index (χ1n) is 4.23. The van der Waals surface area contributed by atoms with Gasteiger partial charge in [-0.05, 0) is 13.3 Å². The Morgan fingerprint density at radius 3 is 2.62 bits per heavy atom. The number of aliphatic hydroxyl groups excluding tert-OH is 1. The molecule has 78 valence electrons. The molecule has 2 atom stereocenters. The van der Waals surface area contributed by atoms with E-state index in [0.29, 0.717) is 13.2 Å². The molecule has 4 nitrogen and oxygen atoms in total. The van der Waals surface area contributed by atoms with Crippen LogP contribution >= 0.6 is 15.9 Å². The van der Waals surface area contributed by atoms with Crippen molar-refractivity contribution in [3.05, 3.63) is 0 Å². The molecular formula is C8H15BrO4. The van der Waals surface area contributed by atoms with Crippen LogP contribution in [0.25, 0.3) is 0 Å². The van der Waals surface area contributed by atoms with Gasteiger partial charge in [0, 0.05) is 6.61 Å². The fourth-order valence-electron chi connectivity index (χ4n) is 0.661. The van der Waals surface area contributed by atoms with Crippen LogP contribution in [0.3, 0.4) is 0 Å². The van der Waals surface area contributed by atoms with Gasteiger partial charge in [-0.3, -0.25) is 4.79 Å². The topological polar surface area (TPSA) is 55.8 Å². The number of rotatable bonds is 6. The summed E-state index contributed by atoms with van der Waals surface area (Å²) in [5, 5.41) is 9.28. The number of carbonyl (C=O) groups is 1. The molecule has 13 heavy (non-hydrogen) atoms. The van der Waals surface area contributed by atoms with Crippen LogP contribution in [-0.2, 0) is 14.3 Å². The zero-order chi connectivity index (χ0) is 10.3. The van der Waals surface area contributed by atoms with Crippen molar-refractivity contribution in [2.45, 2.75) is 31.4 Å². The lowest BCUT2D eigenvalue weighted by Crippen LogP contribution is -2.32. The number of aliphatic hydroxyl groups is 1. The van der Waals surface area contributed by atoms with Gasteiger partial charge in [0.15, 0.2) is 11.1 Å². The van der Waals surface area contributed by atoms with Gasteiger partial charge in [0.25, 0.3) is 0 Å². The molecule has 0 aliphatic rings. The van der Waals surface area contributed by atoms with E-state index in [1.807, 2.05) is 6.92 Å². The molecule has 0 spiro atoms. The first-order valence-corrected chi connectivity index (χ1v) is 5.15. The molecule has 0 rings (SSSR count). The van der Waals surface area contributed by atoms with E-state index >= 15 is 0 Å². The zero-order valence-corrected chi connectivity index (χ0v) is 9.41. The minimum Gasteiger partial charge on any atom is -0.465 e. The molecule has 0 aliphatic carbocycles. The summed E-state index contributed by atoms with van der Waals surface area (Å²) in [6, 6.07) is 0. The number of halogens is 1. The second-order valence-electron chi connectivity index (χ2n) is 2.42. The van der Waals surface area contributed by atoms with Gasteiger partial charge in [-0.25, -0.2) is 0 Å². The fourth-order valence-corrected chi connectivity index (χ4v) is 0.946. The normalized spacial score (nSPS) is 15.1.